The quantitative estimate of drug-likeness (QED) is 0.783. The van der Waals surface area contributed by atoms with Gasteiger partial charge in [0.25, 0.3) is 0 Å². The molecule has 0 N–H and O–H groups in total. The normalized spacial score (nSPS) is 12.1. The maximum absolute atomic E-state index is 11.7. The van der Waals surface area contributed by atoms with Crippen molar-refractivity contribution in [1.82, 2.24) is 9.97 Å². The zero-order valence-corrected chi connectivity index (χ0v) is 8.30. The zero-order valence-electron chi connectivity index (χ0n) is 8.30. The highest BCUT2D eigenvalue weighted by molar-refractivity contribution is 5.02. The van der Waals surface area contributed by atoms with Crippen LogP contribution in [0.25, 0.3) is 0 Å². The fourth-order valence-corrected chi connectivity index (χ4v) is 0.865. The van der Waals surface area contributed by atoms with Gasteiger partial charge in [0.05, 0.1) is 18.5 Å². The molecule has 1 heterocycles. The minimum Gasteiger partial charge on any atom is -0.285 e. The Balaban J connectivity index is 2.66. The van der Waals surface area contributed by atoms with Crippen molar-refractivity contribution in [3.63, 3.8) is 0 Å². The third-order valence-corrected chi connectivity index (χ3v) is 1.57. The average molecular weight is 219 g/mol. The molecule has 0 bridgehead atoms. The molecule has 15 heavy (non-hydrogen) atoms. The number of aromatic nitrogens is 2. The first-order valence-electron chi connectivity index (χ1n) is 4.33. The van der Waals surface area contributed by atoms with Gasteiger partial charge in [-0.05, 0) is 6.07 Å². The second-order valence-electron chi connectivity index (χ2n) is 3.24. The topological polar surface area (TPSA) is 35.0 Å². The average Bonchev–Trinajstić information content (AvgIpc) is 2.14. The minimum absolute atomic E-state index is 0.0482. The van der Waals surface area contributed by atoms with Crippen molar-refractivity contribution in [3.8, 4) is 0 Å². The van der Waals surface area contributed by atoms with Crippen molar-refractivity contribution in [2.75, 3.05) is 0 Å². The van der Waals surface area contributed by atoms with E-state index in [0.29, 0.717) is 5.82 Å². The van der Waals surface area contributed by atoms with Crippen LogP contribution in [0.2, 0.25) is 0 Å². The Morgan fingerprint density at radius 2 is 2.13 bits per heavy atom. The summed E-state index contributed by atoms with van der Waals surface area (Å²) < 4.78 is 38.8. The lowest BCUT2D eigenvalue weighted by Crippen LogP contribution is -2.14. The van der Waals surface area contributed by atoms with Crippen LogP contribution in [0.3, 0.4) is 0 Å². The first-order valence-corrected chi connectivity index (χ1v) is 4.33. The van der Waals surface area contributed by atoms with Crippen molar-refractivity contribution in [1.29, 1.82) is 0 Å². The third-order valence-electron chi connectivity index (χ3n) is 1.57. The van der Waals surface area contributed by atoms with E-state index in [1.54, 1.807) is 0 Å². The molecule has 0 aliphatic rings. The van der Waals surface area contributed by atoms with Crippen LogP contribution < -0.4 is 0 Å². The second-order valence-corrected chi connectivity index (χ2v) is 3.24. The summed E-state index contributed by atoms with van der Waals surface area (Å²) in [5, 5.41) is 0. The van der Waals surface area contributed by atoms with Crippen molar-refractivity contribution >= 4 is 0 Å². The van der Waals surface area contributed by atoms with E-state index in [-0.39, 0.29) is 11.6 Å². The summed E-state index contributed by atoms with van der Waals surface area (Å²) in [5.74, 6) is 0.505. The molecule has 1 aromatic heterocycles. The molecule has 0 fully saturated rings. The molecule has 0 aliphatic heterocycles. The molecule has 0 aromatic carbocycles. The summed E-state index contributed by atoms with van der Waals surface area (Å²) in [6.45, 7) is 3.08. The summed E-state index contributed by atoms with van der Waals surface area (Å²) in [6, 6.07) is 1.28. The molecular formula is C9H10F3N2O. The molecule has 83 valence electrons. The molecule has 0 saturated carbocycles. The summed E-state index contributed by atoms with van der Waals surface area (Å²) >= 11 is 0. The predicted octanol–water partition coefficient (Wildman–Crippen LogP) is 2.44. The zero-order chi connectivity index (χ0) is 11.5. The Morgan fingerprint density at radius 3 is 2.67 bits per heavy atom. The number of ether oxygens (including phenoxy) is 1. The first kappa shape index (κ1) is 11.9. The van der Waals surface area contributed by atoms with Gasteiger partial charge in [0, 0.05) is 5.92 Å². The van der Waals surface area contributed by atoms with Gasteiger partial charge in [0.2, 0.25) is 0 Å². The maximum Gasteiger partial charge on any atom is 0.522 e. The highest BCUT2D eigenvalue weighted by atomic mass is 19.4. The van der Waals surface area contributed by atoms with Crippen molar-refractivity contribution < 1.29 is 17.9 Å². The molecule has 0 unspecified atom stereocenters. The fraction of sp³-hybridized carbons (Fsp3) is 0.556. The molecule has 6 heteroatoms. The molecule has 0 amide bonds. The first-order chi connectivity index (χ1) is 6.88. The van der Waals surface area contributed by atoms with E-state index in [1.807, 2.05) is 13.8 Å². The Bertz CT molecular complexity index is 325. The van der Waals surface area contributed by atoms with Crippen molar-refractivity contribution in [3.05, 3.63) is 23.8 Å². The highest BCUT2D eigenvalue weighted by Gasteiger charge is 2.29. The van der Waals surface area contributed by atoms with E-state index in [9.17, 15) is 13.2 Å². The van der Waals surface area contributed by atoms with Crippen molar-refractivity contribution in [2.45, 2.75) is 32.7 Å². The molecule has 1 rings (SSSR count). The van der Waals surface area contributed by atoms with Gasteiger partial charge in [0.1, 0.15) is 5.82 Å². The molecule has 3 nitrogen and oxygen atoms in total. The van der Waals surface area contributed by atoms with Gasteiger partial charge < -0.3 is 0 Å². The molecule has 0 spiro atoms. The SMILES string of the molecule is CC(C)c1n[c]cc(COC(F)(F)F)n1. The van der Waals surface area contributed by atoms with E-state index in [1.165, 1.54) is 6.07 Å². The predicted molar refractivity (Wildman–Crippen MR) is 45.8 cm³/mol. The van der Waals surface area contributed by atoms with Crippen LogP contribution in [-0.4, -0.2) is 16.3 Å². The smallest absolute Gasteiger partial charge is 0.285 e. The number of hydrogen-bond acceptors (Lipinski definition) is 3. The van der Waals surface area contributed by atoms with Gasteiger partial charge in [-0.3, -0.25) is 4.74 Å². The second kappa shape index (κ2) is 4.57. The van der Waals surface area contributed by atoms with E-state index >= 15 is 0 Å². The fourth-order valence-electron chi connectivity index (χ4n) is 0.865. The van der Waals surface area contributed by atoms with Gasteiger partial charge >= 0.3 is 6.36 Å². The number of rotatable bonds is 3. The number of hydrogen-bond donors (Lipinski definition) is 0. The van der Waals surface area contributed by atoms with E-state index in [4.69, 9.17) is 0 Å². The third kappa shape index (κ3) is 4.24. The van der Waals surface area contributed by atoms with Gasteiger partial charge in [-0.1, -0.05) is 13.8 Å². The minimum atomic E-state index is -4.64. The van der Waals surface area contributed by atoms with Crippen LogP contribution in [0.15, 0.2) is 6.07 Å². The van der Waals surface area contributed by atoms with Gasteiger partial charge in [-0.15, -0.1) is 13.2 Å². The summed E-state index contributed by atoms with van der Waals surface area (Å²) in [7, 11) is 0. The molecule has 1 aromatic rings. The van der Waals surface area contributed by atoms with Crippen LogP contribution in [-0.2, 0) is 11.3 Å². The lowest BCUT2D eigenvalue weighted by Gasteiger charge is -2.08. The van der Waals surface area contributed by atoms with Gasteiger partial charge in [-0.25, -0.2) is 9.97 Å². The number of nitrogens with zero attached hydrogens (tertiary/aromatic N) is 2. The Hall–Kier alpha value is -1.17. The Labute approximate surface area is 85.3 Å². The summed E-state index contributed by atoms with van der Waals surface area (Å²) in [4.78, 5) is 7.72. The molecular weight excluding hydrogens is 209 g/mol. The lowest BCUT2D eigenvalue weighted by molar-refractivity contribution is -0.330. The number of halogens is 3. The maximum atomic E-state index is 11.7. The largest absolute Gasteiger partial charge is 0.522 e. The number of alkyl halides is 3. The Kier molecular flexibility index (Phi) is 3.62. The Morgan fingerprint density at radius 1 is 1.47 bits per heavy atom. The van der Waals surface area contributed by atoms with Crippen LogP contribution in [0.4, 0.5) is 13.2 Å². The summed E-state index contributed by atoms with van der Waals surface area (Å²) in [6.07, 6.45) is -2.15. The molecule has 0 atom stereocenters. The van der Waals surface area contributed by atoms with Gasteiger partial charge in [-0.2, -0.15) is 0 Å². The monoisotopic (exact) mass is 219 g/mol. The summed E-state index contributed by atoms with van der Waals surface area (Å²) in [5.41, 5.74) is 0.172. The van der Waals surface area contributed by atoms with Crippen LogP contribution in [0.5, 0.6) is 0 Å². The van der Waals surface area contributed by atoms with E-state index in [2.05, 4.69) is 20.9 Å². The lowest BCUT2D eigenvalue weighted by atomic mass is 10.2. The van der Waals surface area contributed by atoms with Crippen LogP contribution in [0.1, 0.15) is 31.3 Å². The van der Waals surface area contributed by atoms with Crippen LogP contribution in [0, 0.1) is 6.20 Å². The standard InChI is InChI=1S/C9H10F3N2O/c1-6(2)8-13-4-3-7(14-8)5-15-9(10,11)12/h3,6H,5H2,1-2H3. The van der Waals surface area contributed by atoms with Crippen molar-refractivity contribution in [2.24, 2.45) is 0 Å². The molecule has 0 saturated heterocycles. The molecule has 1 radical (unpaired) electrons. The van der Waals surface area contributed by atoms with E-state index in [0.717, 1.165) is 0 Å². The molecule has 0 aliphatic carbocycles. The van der Waals surface area contributed by atoms with Gasteiger partial charge in [0.15, 0.2) is 0 Å². The van der Waals surface area contributed by atoms with Crippen LogP contribution >= 0.6 is 0 Å². The highest BCUT2D eigenvalue weighted by Crippen LogP contribution is 2.18. The van der Waals surface area contributed by atoms with E-state index < -0.39 is 13.0 Å².